The minimum atomic E-state index is -3.32. The van der Waals surface area contributed by atoms with Crippen LogP contribution in [-0.2, 0) is 4.79 Å². The monoisotopic (exact) mass is 874 g/mol. The van der Waals surface area contributed by atoms with Crippen molar-refractivity contribution >= 4 is 20.9 Å². The van der Waals surface area contributed by atoms with Gasteiger partial charge in [-0.2, -0.15) is 0 Å². The zero-order valence-corrected chi connectivity index (χ0v) is 38.3. The van der Waals surface area contributed by atoms with E-state index >= 15 is 0 Å². The quantitative estimate of drug-likeness (QED) is 0.115. The Hall–Kier alpha value is -7.42. The molecule has 0 spiro atoms. The van der Waals surface area contributed by atoms with Crippen LogP contribution in [0.4, 0.5) is 0 Å². The lowest BCUT2D eigenvalue weighted by Gasteiger charge is -2.25. The van der Waals surface area contributed by atoms with Crippen LogP contribution in [0.1, 0.15) is 32.6 Å². The molecule has 1 saturated carbocycles. The summed E-state index contributed by atoms with van der Waals surface area (Å²) in [5.41, 5.74) is 11.9. The summed E-state index contributed by atoms with van der Waals surface area (Å²) in [6.45, 7) is 2.03. The molecule has 0 bridgehead atoms. The second kappa shape index (κ2) is 21.5. The van der Waals surface area contributed by atoms with Gasteiger partial charge in [0.05, 0.1) is 0 Å². The number of Topliss-reactive ketones (excluding diaryl/α,β-unsaturated/α-hetero) is 1. The van der Waals surface area contributed by atoms with Gasteiger partial charge in [0, 0.05) is 45.7 Å². The lowest BCUT2D eigenvalue weighted by atomic mass is 9.90. The van der Waals surface area contributed by atoms with Crippen LogP contribution in [0, 0.1) is 5.92 Å². The fraction of sp³-hybridized carbons (Fsp3) is 0.0984. The maximum Gasteiger partial charge on any atom is 1.20 e. The van der Waals surface area contributed by atoms with E-state index in [0.717, 1.165) is 86.0 Å². The highest BCUT2D eigenvalue weighted by molar-refractivity contribution is 6.40. The Morgan fingerprint density at radius 1 is 0.333 bits per heavy atom. The molecule has 0 amide bonds. The molecule has 5 heteroatoms. The van der Waals surface area contributed by atoms with Crippen LogP contribution >= 0.6 is 0 Å². The van der Waals surface area contributed by atoms with E-state index in [1.807, 2.05) is 43.3 Å². The van der Waals surface area contributed by atoms with Crippen LogP contribution < -0.4 is 11.4 Å². The van der Waals surface area contributed by atoms with Crippen molar-refractivity contribution < 1.29 is 16.2 Å². The summed E-state index contributed by atoms with van der Waals surface area (Å²) in [6, 6.07) is 81.2. The maximum absolute atomic E-state index is 10.8. The summed E-state index contributed by atoms with van der Waals surface area (Å²) in [5, 5.41) is 0. The zero-order valence-electron chi connectivity index (χ0n) is 37.1. The van der Waals surface area contributed by atoms with Gasteiger partial charge in [-0.1, -0.05) is 250 Å². The van der Waals surface area contributed by atoms with E-state index in [2.05, 4.69) is 200 Å². The Bertz CT molecular complexity index is 2480. The molecule has 0 aliphatic heterocycles. The molecule has 0 heterocycles. The molecule has 9 aromatic rings. The number of hydrogen-bond donors (Lipinski definition) is 0. The molecular weight excluding hydrogens is 824 g/mol. The van der Waals surface area contributed by atoms with E-state index in [1.54, 1.807) is 0 Å². The zero-order chi connectivity index (χ0) is 44.9. The third kappa shape index (κ3) is 10.4. The van der Waals surface area contributed by atoms with Gasteiger partial charge in [-0.25, -0.2) is 0 Å². The number of hydrogen-bond acceptors (Lipinski definition) is 4. The highest BCUT2D eigenvalue weighted by atomic mass is 27.3. The van der Waals surface area contributed by atoms with E-state index < -0.39 is 15.1 Å². The third-order valence-electron chi connectivity index (χ3n) is 12.1. The lowest BCUT2D eigenvalue weighted by Crippen LogP contribution is -2.38. The Morgan fingerprint density at radius 3 is 0.773 bits per heavy atom. The number of ketones is 1. The molecule has 0 N–H and O–H groups in total. The Morgan fingerprint density at radius 2 is 0.576 bits per heavy atom. The number of carbonyl (C=O) groups excluding carboxylic acids is 1. The predicted molar refractivity (Wildman–Crippen MR) is 272 cm³/mol. The van der Waals surface area contributed by atoms with Gasteiger partial charge >= 0.3 is 15.1 Å². The average molecular weight is 875 g/mol. The first-order chi connectivity index (χ1) is 32.6. The topological polar surface area (TPSA) is 44.8 Å². The largest absolute Gasteiger partial charge is 1.20 e. The molecule has 10 rings (SSSR count). The number of para-hydroxylation sites is 3. The molecular formula is C61H51AlO4. The van der Waals surface area contributed by atoms with Crippen molar-refractivity contribution in [3.8, 4) is 84.0 Å². The summed E-state index contributed by atoms with van der Waals surface area (Å²) < 4.78 is 22.4. The van der Waals surface area contributed by atoms with E-state index in [1.165, 1.54) is 6.42 Å². The smallest absolute Gasteiger partial charge is 0.576 e. The molecule has 0 aromatic heterocycles. The minimum Gasteiger partial charge on any atom is -0.576 e. The second-order valence-corrected chi connectivity index (χ2v) is 17.8. The molecule has 322 valence electrons. The van der Waals surface area contributed by atoms with Gasteiger partial charge in [-0.05, 0) is 46.2 Å². The van der Waals surface area contributed by atoms with Crippen molar-refractivity contribution in [3.05, 3.63) is 237 Å². The van der Waals surface area contributed by atoms with E-state index in [0.29, 0.717) is 28.9 Å². The van der Waals surface area contributed by atoms with Crippen LogP contribution in [0.5, 0.6) is 17.2 Å². The Labute approximate surface area is 394 Å². The second-order valence-electron chi connectivity index (χ2n) is 16.5. The third-order valence-corrected chi connectivity index (χ3v) is 13.3. The number of carbonyl (C=O) groups is 1. The van der Waals surface area contributed by atoms with Crippen molar-refractivity contribution in [1.82, 2.24) is 0 Å². The highest BCUT2D eigenvalue weighted by Crippen LogP contribution is 2.45. The maximum atomic E-state index is 10.8. The first-order valence-corrected chi connectivity index (χ1v) is 24.3. The van der Waals surface area contributed by atoms with Gasteiger partial charge in [-0.3, -0.25) is 4.79 Å². The Balaban J connectivity index is 0.000000621. The SMILES string of the molecule is CC1CCCCC1=O.c1ccc(-c2cccc(-c3ccccc3)c2[O][Al]([O]c2c(-c3ccccc3)cccc2-c2ccccc2)[O]c2c(-c3ccccc3)cccc2-c2ccccc2)cc1. The van der Waals surface area contributed by atoms with Crippen LogP contribution in [0.15, 0.2) is 237 Å². The first-order valence-electron chi connectivity index (χ1n) is 22.8. The summed E-state index contributed by atoms with van der Waals surface area (Å²) in [7, 11) is 0. The summed E-state index contributed by atoms with van der Waals surface area (Å²) >= 11 is -3.32. The van der Waals surface area contributed by atoms with Gasteiger partial charge in [0.25, 0.3) is 0 Å². The summed E-state index contributed by atoms with van der Waals surface area (Å²) in [4.78, 5) is 10.8. The van der Waals surface area contributed by atoms with E-state index in [-0.39, 0.29) is 0 Å². The molecule has 4 nitrogen and oxygen atoms in total. The van der Waals surface area contributed by atoms with Crippen LogP contribution in [0.25, 0.3) is 66.8 Å². The van der Waals surface area contributed by atoms with Gasteiger partial charge in [0.1, 0.15) is 23.0 Å². The minimum absolute atomic E-state index is 0.365. The van der Waals surface area contributed by atoms with Crippen molar-refractivity contribution in [2.24, 2.45) is 5.92 Å². The van der Waals surface area contributed by atoms with Crippen LogP contribution in [0.2, 0.25) is 0 Å². The first kappa shape index (κ1) is 43.8. The summed E-state index contributed by atoms with van der Waals surface area (Å²) in [5.74, 6) is 2.94. The lowest BCUT2D eigenvalue weighted by molar-refractivity contribution is -0.123. The van der Waals surface area contributed by atoms with E-state index in [4.69, 9.17) is 11.4 Å². The average Bonchev–Trinajstić information content (AvgIpc) is 3.39. The standard InChI is InChI=1S/3C18H14O.C7H12O.Al/c3*19-18-16(14-8-3-1-4-9-14)12-7-13-17(18)15-10-5-2-6-11-15;1-6-4-2-3-5-7(6)8;/h3*1-13,19H;6H,2-5H2,1H3;/q;;;;+3/p-3. The molecule has 1 aliphatic carbocycles. The number of benzene rings is 9. The fourth-order valence-electron chi connectivity index (χ4n) is 8.58. The van der Waals surface area contributed by atoms with Crippen LogP contribution in [-0.4, -0.2) is 20.9 Å². The van der Waals surface area contributed by atoms with Crippen molar-refractivity contribution in [2.75, 3.05) is 0 Å². The number of rotatable bonds is 12. The molecule has 1 aliphatic rings. The molecule has 1 unspecified atom stereocenters. The molecule has 66 heavy (non-hydrogen) atoms. The van der Waals surface area contributed by atoms with E-state index in [9.17, 15) is 4.79 Å². The van der Waals surface area contributed by atoms with Crippen LogP contribution in [0.3, 0.4) is 0 Å². The molecule has 0 radical (unpaired) electrons. The van der Waals surface area contributed by atoms with Crippen molar-refractivity contribution in [3.63, 3.8) is 0 Å². The molecule has 1 atom stereocenters. The Kier molecular flexibility index (Phi) is 14.3. The van der Waals surface area contributed by atoms with Gasteiger partial charge in [0.2, 0.25) is 0 Å². The molecule has 9 aromatic carbocycles. The predicted octanol–water partition coefficient (Wildman–Crippen LogP) is 16.0. The van der Waals surface area contributed by atoms with Gasteiger partial charge < -0.3 is 11.4 Å². The highest BCUT2D eigenvalue weighted by Gasteiger charge is 2.47. The summed E-state index contributed by atoms with van der Waals surface area (Å²) in [6.07, 6.45) is 4.34. The van der Waals surface area contributed by atoms with Gasteiger partial charge in [-0.15, -0.1) is 0 Å². The van der Waals surface area contributed by atoms with Crippen molar-refractivity contribution in [1.29, 1.82) is 0 Å². The van der Waals surface area contributed by atoms with Crippen molar-refractivity contribution in [2.45, 2.75) is 32.6 Å². The molecule has 0 saturated heterocycles. The molecule has 1 fully saturated rings. The fourth-order valence-corrected chi connectivity index (χ4v) is 10.1. The normalized spacial score (nSPS) is 13.2. The van der Waals surface area contributed by atoms with Gasteiger partial charge in [0.15, 0.2) is 0 Å².